The summed E-state index contributed by atoms with van der Waals surface area (Å²) in [4.78, 5) is 13.8. The molecule has 80 valence electrons. The molecule has 2 fully saturated rings. The van der Waals surface area contributed by atoms with Crippen LogP contribution in [0.25, 0.3) is 0 Å². The molecule has 1 unspecified atom stereocenters. The van der Waals surface area contributed by atoms with Gasteiger partial charge in [-0.1, -0.05) is 25.7 Å². The van der Waals surface area contributed by atoms with Gasteiger partial charge in [0.2, 0.25) is 5.91 Å². The first-order chi connectivity index (χ1) is 6.79. The molecule has 2 rings (SSSR count). The summed E-state index contributed by atoms with van der Waals surface area (Å²) in [5, 5.41) is 3.21. The molecule has 0 aromatic carbocycles. The van der Waals surface area contributed by atoms with Crippen molar-refractivity contribution < 1.29 is 4.79 Å². The van der Waals surface area contributed by atoms with E-state index in [9.17, 15) is 4.79 Å². The molecular formula is C11H20N2O. The molecule has 0 aromatic rings. The molecular weight excluding hydrogens is 176 g/mol. The van der Waals surface area contributed by atoms with Crippen LogP contribution in [0, 0.1) is 0 Å². The monoisotopic (exact) mass is 196 g/mol. The van der Waals surface area contributed by atoms with Gasteiger partial charge in [0, 0.05) is 6.04 Å². The lowest BCUT2D eigenvalue weighted by atomic mass is 10.1. The Labute approximate surface area is 85.8 Å². The van der Waals surface area contributed by atoms with Gasteiger partial charge in [0.05, 0.1) is 12.7 Å². The number of hydrogen-bond donors (Lipinski definition) is 1. The lowest BCUT2D eigenvalue weighted by molar-refractivity contribution is -0.130. The van der Waals surface area contributed by atoms with Gasteiger partial charge in [-0.25, -0.2) is 0 Å². The van der Waals surface area contributed by atoms with E-state index in [4.69, 9.17) is 0 Å². The summed E-state index contributed by atoms with van der Waals surface area (Å²) in [6, 6.07) is 0.556. The van der Waals surface area contributed by atoms with Crippen LogP contribution in [-0.4, -0.2) is 29.6 Å². The van der Waals surface area contributed by atoms with Crippen LogP contribution in [0.3, 0.4) is 0 Å². The number of nitrogens with zero attached hydrogens (tertiary/aromatic N) is 1. The van der Waals surface area contributed by atoms with Gasteiger partial charge in [-0.2, -0.15) is 0 Å². The maximum absolute atomic E-state index is 11.8. The second-order valence-corrected chi connectivity index (χ2v) is 4.54. The molecule has 2 aliphatic rings. The van der Waals surface area contributed by atoms with Crippen molar-refractivity contribution in [2.24, 2.45) is 0 Å². The van der Waals surface area contributed by atoms with Gasteiger partial charge in [0.25, 0.3) is 0 Å². The van der Waals surface area contributed by atoms with Crippen LogP contribution >= 0.6 is 0 Å². The van der Waals surface area contributed by atoms with Crippen molar-refractivity contribution in [2.45, 2.75) is 57.5 Å². The zero-order chi connectivity index (χ0) is 9.97. The van der Waals surface area contributed by atoms with Gasteiger partial charge in [-0.3, -0.25) is 10.1 Å². The molecule has 0 aromatic heterocycles. The second kappa shape index (κ2) is 4.30. The predicted molar refractivity (Wildman–Crippen MR) is 55.8 cm³/mol. The smallest absolute Gasteiger partial charge is 0.240 e. The first kappa shape index (κ1) is 9.97. The van der Waals surface area contributed by atoms with E-state index in [1.807, 2.05) is 6.92 Å². The Hall–Kier alpha value is -0.570. The minimum Gasteiger partial charge on any atom is -0.326 e. The summed E-state index contributed by atoms with van der Waals surface area (Å²) in [7, 11) is 0. The second-order valence-electron chi connectivity index (χ2n) is 4.54. The number of carbonyl (C=O) groups is 1. The highest BCUT2D eigenvalue weighted by Gasteiger charge is 2.32. The standard InChI is InChI=1S/C11H20N2O/c1-9-11(14)13(8-12-9)10-6-4-2-3-5-7-10/h9-10,12H,2-8H2,1H3. The Kier molecular flexibility index (Phi) is 3.06. The molecule has 1 heterocycles. The van der Waals surface area contributed by atoms with Crippen LogP contribution < -0.4 is 5.32 Å². The van der Waals surface area contributed by atoms with Crippen molar-refractivity contribution in [3.05, 3.63) is 0 Å². The molecule has 0 spiro atoms. The molecule has 1 atom stereocenters. The molecule has 0 bridgehead atoms. The average Bonchev–Trinajstić information content (AvgIpc) is 2.47. The molecule has 14 heavy (non-hydrogen) atoms. The van der Waals surface area contributed by atoms with Crippen molar-refractivity contribution in [3.8, 4) is 0 Å². The fourth-order valence-corrected chi connectivity index (χ4v) is 2.53. The third-order valence-electron chi connectivity index (χ3n) is 3.49. The predicted octanol–water partition coefficient (Wildman–Crippen LogP) is 1.49. The van der Waals surface area contributed by atoms with E-state index in [2.05, 4.69) is 10.2 Å². The summed E-state index contributed by atoms with van der Waals surface area (Å²) >= 11 is 0. The summed E-state index contributed by atoms with van der Waals surface area (Å²) in [6.07, 6.45) is 7.70. The Morgan fingerprint density at radius 3 is 2.36 bits per heavy atom. The summed E-state index contributed by atoms with van der Waals surface area (Å²) in [6.45, 7) is 2.73. The number of hydrogen-bond acceptors (Lipinski definition) is 2. The van der Waals surface area contributed by atoms with Crippen molar-refractivity contribution in [2.75, 3.05) is 6.67 Å². The Morgan fingerprint density at radius 1 is 1.21 bits per heavy atom. The fourth-order valence-electron chi connectivity index (χ4n) is 2.53. The highest BCUT2D eigenvalue weighted by molar-refractivity contribution is 5.83. The first-order valence-electron chi connectivity index (χ1n) is 5.83. The minimum absolute atomic E-state index is 0.0400. The lowest BCUT2D eigenvalue weighted by Crippen LogP contribution is -2.37. The van der Waals surface area contributed by atoms with Crippen molar-refractivity contribution in [1.82, 2.24) is 10.2 Å². The average molecular weight is 196 g/mol. The fraction of sp³-hybridized carbons (Fsp3) is 0.909. The van der Waals surface area contributed by atoms with E-state index in [1.165, 1.54) is 38.5 Å². The molecule has 1 amide bonds. The first-order valence-corrected chi connectivity index (χ1v) is 5.83. The number of carbonyl (C=O) groups excluding carboxylic acids is 1. The molecule has 1 saturated carbocycles. The van der Waals surface area contributed by atoms with Crippen LogP contribution in [-0.2, 0) is 4.79 Å². The topological polar surface area (TPSA) is 32.3 Å². The lowest BCUT2D eigenvalue weighted by Gasteiger charge is -2.26. The molecule has 0 radical (unpaired) electrons. The summed E-state index contributed by atoms with van der Waals surface area (Å²) < 4.78 is 0. The van der Waals surface area contributed by atoms with Crippen LogP contribution in [0.15, 0.2) is 0 Å². The van der Waals surface area contributed by atoms with Crippen molar-refractivity contribution >= 4 is 5.91 Å². The maximum Gasteiger partial charge on any atom is 0.240 e. The molecule has 3 nitrogen and oxygen atoms in total. The van der Waals surface area contributed by atoms with E-state index < -0.39 is 0 Å². The largest absolute Gasteiger partial charge is 0.326 e. The quantitative estimate of drug-likeness (QED) is 0.644. The third-order valence-corrected chi connectivity index (χ3v) is 3.49. The maximum atomic E-state index is 11.8. The van der Waals surface area contributed by atoms with Crippen LogP contribution in [0.1, 0.15) is 45.4 Å². The Bertz CT molecular complexity index is 209. The summed E-state index contributed by atoms with van der Waals surface area (Å²) in [5.41, 5.74) is 0. The van der Waals surface area contributed by atoms with Crippen LogP contribution in [0.5, 0.6) is 0 Å². The normalized spacial score (nSPS) is 30.8. The minimum atomic E-state index is 0.0400. The molecule has 1 N–H and O–H groups in total. The SMILES string of the molecule is CC1NCN(C2CCCCCC2)C1=O. The molecule has 1 saturated heterocycles. The van der Waals surface area contributed by atoms with Gasteiger partial charge >= 0.3 is 0 Å². The molecule has 3 heteroatoms. The Morgan fingerprint density at radius 2 is 1.86 bits per heavy atom. The zero-order valence-corrected chi connectivity index (χ0v) is 8.96. The van der Waals surface area contributed by atoms with Gasteiger partial charge < -0.3 is 4.90 Å². The van der Waals surface area contributed by atoms with E-state index in [0.717, 1.165) is 6.67 Å². The number of rotatable bonds is 1. The van der Waals surface area contributed by atoms with Crippen molar-refractivity contribution in [3.63, 3.8) is 0 Å². The highest BCUT2D eigenvalue weighted by atomic mass is 16.2. The third kappa shape index (κ3) is 1.92. The van der Waals surface area contributed by atoms with E-state index in [-0.39, 0.29) is 6.04 Å². The van der Waals surface area contributed by atoms with Gasteiger partial charge in [-0.05, 0) is 19.8 Å². The van der Waals surface area contributed by atoms with E-state index in [1.54, 1.807) is 0 Å². The van der Waals surface area contributed by atoms with Crippen LogP contribution in [0.2, 0.25) is 0 Å². The number of amides is 1. The highest BCUT2D eigenvalue weighted by Crippen LogP contribution is 2.23. The van der Waals surface area contributed by atoms with Gasteiger partial charge in [0.1, 0.15) is 0 Å². The Balaban J connectivity index is 1.96. The summed E-state index contributed by atoms with van der Waals surface area (Å²) in [5.74, 6) is 0.303. The van der Waals surface area contributed by atoms with E-state index >= 15 is 0 Å². The van der Waals surface area contributed by atoms with Gasteiger partial charge in [0.15, 0.2) is 0 Å². The zero-order valence-electron chi connectivity index (χ0n) is 8.96. The van der Waals surface area contributed by atoms with Crippen LogP contribution in [0.4, 0.5) is 0 Å². The number of nitrogens with one attached hydrogen (secondary N) is 1. The molecule has 1 aliphatic heterocycles. The van der Waals surface area contributed by atoms with Gasteiger partial charge in [-0.15, -0.1) is 0 Å². The van der Waals surface area contributed by atoms with Crippen molar-refractivity contribution in [1.29, 1.82) is 0 Å². The molecule has 1 aliphatic carbocycles. The van der Waals surface area contributed by atoms with E-state index in [0.29, 0.717) is 11.9 Å².